The smallest absolute Gasteiger partial charge is 0.123 e. The minimum atomic E-state index is 0.807. The van der Waals surface area contributed by atoms with Crippen molar-refractivity contribution in [2.75, 3.05) is 0 Å². The van der Waals surface area contributed by atoms with Gasteiger partial charge in [0.1, 0.15) is 11.3 Å². The molecule has 0 unspecified atom stereocenters. The van der Waals surface area contributed by atoms with Crippen LogP contribution in [0.15, 0.2) is 65.5 Å². The SMILES string of the molecule is ON=Cc1ccc2c(c1)ncn2-c1cccc(-c2nccs2)c1. The summed E-state index contributed by atoms with van der Waals surface area (Å²) in [4.78, 5) is 8.80. The number of oxime groups is 1. The van der Waals surface area contributed by atoms with Crippen LogP contribution in [0.5, 0.6) is 0 Å². The van der Waals surface area contributed by atoms with Gasteiger partial charge in [-0.2, -0.15) is 0 Å². The van der Waals surface area contributed by atoms with E-state index in [-0.39, 0.29) is 0 Å². The van der Waals surface area contributed by atoms with Crippen molar-refractivity contribution in [3.8, 4) is 16.3 Å². The Balaban J connectivity index is 1.82. The average molecular weight is 320 g/mol. The van der Waals surface area contributed by atoms with Gasteiger partial charge in [0.15, 0.2) is 0 Å². The molecule has 4 aromatic rings. The molecule has 2 aromatic carbocycles. The lowest BCUT2D eigenvalue weighted by atomic mass is 10.2. The summed E-state index contributed by atoms with van der Waals surface area (Å²) in [6, 6.07) is 14.0. The van der Waals surface area contributed by atoms with E-state index in [4.69, 9.17) is 5.21 Å². The molecule has 4 rings (SSSR count). The Bertz CT molecular complexity index is 989. The van der Waals surface area contributed by atoms with Gasteiger partial charge in [0, 0.05) is 22.8 Å². The molecule has 112 valence electrons. The van der Waals surface area contributed by atoms with Gasteiger partial charge < -0.3 is 5.21 Å². The molecule has 0 atom stereocenters. The van der Waals surface area contributed by atoms with E-state index < -0.39 is 0 Å². The van der Waals surface area contributed by atoms with Gasteiger partial charge in [-0.15, -0.1) is 11.3 Å². The molecule has 0 amide bonds. The summed E-state index contributed by atoms with van der Waals surface area (Å²) in [6.45, 7) is 0. The van der Waals surface area contributed by atoms with E-state index in [2.05, 4.69) is 27.3 Å². The van der Waals surface area contributed by atoms with Crippen LogP contribution in [-0.4, -0.2) is 26.0 Å². The number of nitrogens with zero attached hydrogens (tertiary/aromatic N) is 4. The summed E-state index contributed by atoms with van der Waals surface area (Å²) in [5.41, 5.74) is 4.77. The van der Waals surface area contributed by atoms with Gasteiger partial charge in [0.2, 0.25) is 0 Å². The van der Waals surface area contributed by atoms with Gasteiger partial charge in [0.05, 0.1) is 17.2 Å². The largest absolute Gasteiger partial charge is 0.411 e. The fourth-order valence-electron chi connectivity index (χ4n) is 2.54. The van der Waals surface area contributed by atoms with E-state index in [9.17, 15) is 0 Å². The van der Waals surface area contributed by atoms with E-state index in [1.165, 1.54) is 6.21 Å². The van der Waals surface area contributed by atoms with E-state index in [1.54, 1.807) is 17.7 Å². The number of benzene rings is 2. The molecule has 0 fully saturated rings. The van der Waals surface area contributed by atoms with Crippen LogP contribution >= 0.6 is 11.3 Å². The molecule has 0 saturated heterocycles. The van der Waals surface area contributed by atoms with Gasteiger partial charge in [-0.1, -0.05) is 23.4 Å². The number of rotatable bonds is 3. The van der Waals surface area contributed by atoms with Gasteiger partial charge >= 0.3 is 0 Å². The van der Waals surface area contributed by atoms with Crippen molar-refractivity contribution in [1.29, 1.82) is 0 Å². The highest BCUT2D eigenvalue weighted by molar-refractivity contribution is 7.13. The van der Waals surface area contributed by atoms with Crippen LogP contribution in [0.25, 0.3) is 27.3 Å². The van der Waals surface area contributed by atoms with Gasteiger partial charge in [-0.05, 0) is 29.8 Å². The maximum absolute atomic E-state index is 8.63. The third-order valence-corrected chi connectivity index (χ3v) is 4.40. The highest BCUT2D eigenvalue weighted by Crippen LogP contribution is 2.26. The number of thiazole rings is 1. The van der Waals surface area contributed by atoms with Crippen molar-refractivity contribution in [2.24, 2.45) is 5.16 Å². The molecular weight excluding hydrogens is 308 g/mol. The second-order valence-electron chi connectivity index (χ2n) is 4.99. The van der Waals surface area contributed by atoms with Gasteiger partial charge in [-0.25, -0.2) is 9.97 Å². The number of fused-ring (bicyclic) bond motifs is 1. The number of aromatic nitrogens is 3. The first-order valence-corrected chi connectivity index (χ1v) is 7.88. The Labute approximate surface area is 136 Å². The Morgan fingerprint density at radius 3 is 2.91 bits per heavy atom. The van der Waals surface area contributed by atoms with Crippen molar-refractivity contribution in [1.82, 2.24) is 14.5 Å². The first-order valence-electron chi connectivity index (χ1n) is 7.00. The summed E-state index contributed by atoms with van der Waals surface area (Å²) in [7, 11) is 0. The predicted molar refractivity (Wildman–Crippen MR) is 91.6 cm³/mol. The molecule has 2 heterocycles. The maximum Gasteiger partial charge on any atom is 0.123 e. The Morgan fingerprint density at radius 2 is 2.09 bits per heavy atom. The molecule has 0 aliphatic rings. The van der Waals surface area contributed by atoms with Crippen molar-refractivity contribution in [3.63, 3.8) is 0 Å². The zero-order valence-corrected chi connectivity index (χ0v) is 12.8. The third kappa shape index (κ3) is 2.49. The minimum absolute atomic E-state index is 0.807. The fourth-order valence-corrected chi connectivity index (χ4v) is 3.17. The molecule has 0 aliphatic carbocycles. The summed E-state index contributed by atoms with van der Waals surface area (Å²) in [6.07, 6.45) is 5.00. The monoisotopic (exact) mass is 320 g/mol. The van der Waals surface area contributed by atoms with Gasteiger partial charge in [0.25, 0.3) is 0 Å². The van der Waals surface area contributed by atoms with Crippen molar-refractivity contribution in [2.45, 2.75) is 0 Å². The zero-order chi connectivity index (χ0) is 15.6. The molecule has 2 aromatic heterocycles. The first-order chi connectivity index (χ1) is 11.3. The molecule has 0 bridgehead atoms. The van der Waals surface area contributed by atoms with E-state index in [0.29, 0.717) is 0 Å². The highest BCUT2D eigenvalue weighted by atomic mass is 32.1. The normalized spacial score (nSPS) is 11.5. The maximum atomic E-state index is 8.63. The molecule has 0 saturated carbocycles. The van der Waals surface area contributed by atoms with Crippen molar-refractivity contribution < 1.29 is 5.21 Å². The Hall–Kier alpha value is -2.99. The number of imidazole rings is 1. The van der Waals surface area contributed by atoms with E-state index in [0.717, 1.165) is 32.9 Å². The molecule has 0 spiro atoms. The molecule has 1 N–H and O–H groups in total. The predicted octanol–water partition coefficient (Wildman–Crippen LogP) is 3.96. The lowest BCUT2D eigenvalue weighted by molar-refractivity contribution is 0.322. The third-order valence-electron chi connectivity index (χ3n) is 3.58. The number of hydrogen-bond donors (Lipinski definition) is 1. The van der Waals surface area contributed by atoms with E-state index >= 15 is 0 Å². The van der Waals surface area contributed by atoms with Crippen LogP contribution in [-0.2, 0) is 0 Å². The van der Waals surface area contributed by atoms with E-state index in [1.807, 2.05) is 46.5 Å². The fraction of sp³-hybridized carbons (Fsp3) is 0. The summed E-state index contributed by atoms with van der Waals surface area (Å²) >= 11 is 1.62. The molecule has 5 nitrogen and oxygen atoms in total. The lowest BCUT2D eigenvalue weighted by Crippen LogP contribution is -1.92. The minimum Gasteiger partial charge on any atom is -0.411 e. The lowest BCUT2D eigenvalue weighted by Gasteiger charge is -2.06. The number of hydrogen-bond acceptors (Lipinski definition) is 5. The van der Waals surface area contributed by atoms with Crippen molar-refractivity contribution >= 4 is 28.6 Å². The van der Waals surface area contributed by atoms with Crippen LogP contribution in [0.4, 0.5) is 0 Å². The quantitative estimate of drug-likeness (QED) is 0.353. The summed E-state index contributed by atoms with van der Waals surface area (Å²) in [5, 5.41) is 14.7. The Morgan fingerprint density at radius 1 is 1.13 bits per heavy atom. The molecule has 0 aliphatic heterocycles. The van der Waals surface area contributed by atoms with Gasteiger partial charge in [-0.3, -0.25) is 4.57 Å². The van der Waals surface area contributed by atoms with Crippen LogP contribution < -0.4 is 0 Å². The van der Waals surface area contributed by atoms with Crippen molar-refractivity contribution in [3.05, 3.63) is 65.9 Å². The molecule has 0 radical (unpaired) electrons. The molecular formula is C17H12N4OS. The first kappa shape index (κ1) is 13.7. The van der Waals surface area contributed by atoms with Crippen LogP contribution in [0.2, 0.25) is 0 Å². The highest BCUT2D eigenvalue weighted by Gasteiger charge is 2.07. The average Bonchev–Trinajstić information content (AvgIpc) is 3.25. The molecule has 6 heteroatoms. The second-order valence-corrected chi connectivity index (χ2v) is 5.89. The topological polar surface area (TPSA) is 63.3 Å². The molecule has 23 heavy (non-hydrogen) atoms. The summed E-state index contributed by atoms with van der Waals surface area (Å²) < 4.78 is 2.03. The van der Waals surface area contributed by atoms with Crippen LogP contribution in [0.1, 0.15) is 5.56 Å². The summed E-state index contributed by atoms with van der Waals surface area (Å²) in [5.74, 6) is 0. The standard InChI is InChI=1S/C17H12N4OS/c22-20-10-12-4-5-16-15(8-12)19-11-21(16)14-3-1-2-13(9-14)17-18-6-7-23-17/h1-11,22H. The van der Waals surface area contributed by atoms with Crippen LogP contribution in [0, 0.1) is 0 Å². The van der Waals surface area contributed by atoms with Crippen LogP contribution in [0.3, 0.4) is 0 Å². The Kier molecular flexibility index (Phi) is 3.36. The zero-order valence-electron chi connectivity index (χ0n) is 12.0. The second kappa shape index (κ2) is 5.66.